The molecule has 0 aliphatic rings. The molecule has 0 aromatic heterocycles. The summed E-state index contributed by atoms with van der Waals surface area (Å²) in [6.45, 7) is -0.488. The van der Waals surface area contributed by atoms with E-state index in [1.807, 2.05) is 0 Å². The Labute approximate surface area is 366 Å². The largest absolute Gasteiger partial charge is 0.508 e. The van der Waals surface area contributed by atoms with Crippen LogP contribution in [-0.4, -0.2) is 63.6 Å². The second-order valence-corrected chi connectivity index (χ2v) is 13.8. The first kappa shape index (κ1) is 49.8. The molecule has 28 heteroatoms. The van der Waals surface area contributed by atoms with Crippen LogP contribution in [0.25, 0.3) is 10.8 Å². The molecule has 0 amide bonds. The first-order valence-corrected chi connectivity index (χ1v) is 19.9. The molecule has 1 radical (unpaired) electrons. The fraction of sp³-hybridized carbons (Fsp3) is 0.0286. The van der Waals surface area contributed by atoms with Crippen LogP contribution in [-0.2, 0) is 55.0 Å². The van der Waals surface area contributed by atoms with Gasteiger partial charge in [0.2, 0.25) is 0 Å². The number of phenolic OH excluding ortho intramolecular Hbond substituents is 3. The van der Waals surface area contributed by atoms with E-state index in [1.165, 1.54) is 54.6 Å². The summed E-state index contributed by atoms with van der Waals surface area (Å²) in [4.78, 5) is 9.40. The number of nitrogens with zero attached hydrogens (tertiary/aromatic N) is 9. The molecule has 0 unspecified atom stereocenters. The summed E-state index contributed by atoms with van der Waals surface area (Å²) in [6, 6.07) is 25.8. The third kappa shape index (κ3) is 15.1. The predicted octanol–water partition coefficient (Wildman–Crippen LogP) is 8.25. The van der Waals surface area contributed by atoms with Crippen LogP contribution in [0.15, 0.2) is 155 Å². The summed E-state index contributed by atoms with van der Waals surface area (Å²) in [5, 5.41) is 85.5. The van der Waals surface area contributed by atoms with Gasteiger partial charge in [0.1, 0.15) is 33.5 Å². The van der Waals surface area contributed by atoms with Crippen molar-refractivity contribution in [1.82, 2.24) is 0 Å². The SMILES string of the molecule is O=S(=O)=O.O=S(=O)=O.O=[N+]([O-])c1ccc(N=Nc2ccc(N=Nc3cc(O)c(N=Nc4ccc5cc(N=Nc6ccc(O)cc6)ccc5c4O)cc3CO)cc2)c(S(=O)(=O)O)c1.[Cu]. The van der Waals surface area contributed by atoms with E-state index in [4.69, 9.17) is 25.3 Å². The Morgan fingerprint density at radius 2 is 1.02 bits per heavy atom. The Kier molecular flexibility index (Phi) is 18.1. The van der Waals surface area contributed by atoms with Crippen molar-refractivity contribution < 1.29 is 80.6 Å². The molecular formula is C35H25CuN9O15S3. The van der Waals surface area contributed by atoms with Gasteiger partial charge in [0.25, 0.3) is 15.8 Å². The van der Waals surface area contributed by atoms with E-state index >= 15 is 0 Å². The van der Waals surface area contributed by atoms with Crippen LogP contribution in [0, 0.1) is 10.1 Å². The molecule has 6 aromatic carbocycles. The summed E-state index contributed by atoms with van der Waals surface area (Å²) in [5.41, 5.74) is 1.26. The molecule has 0 heterocycles. The van der Waals surface area contributed by atoms with Gasteiger partial charge in [-0.3, -0.25) is 14.7 Å². The molecular weight excluding hydrogens is 946 g/mol. The zero-order valence-corrected chi connectivity index (χ0v) is 34.4. The van der Waals surface area contributed by atoms with Crippen molar-refractivity contribution in [3.8, 4) is 17.2 Å². The molecule has 63 heavy (non-hydrogen) atoms. The minimum atomic E-state index is -4.83. The minimum Gasteiger partial charge on any atom is -0.508 e. The molecule has 329 valence electrons. The zero-order valence-electron chi connectivity index (χ0n) is 31.0. The molecule has 0 atom stereocenters. The summed E-state index contributed by atoms with van der Waals surface area (Å²) in [5.74, 6) is -0.377. The number of nitro benzene ring substituents is 1. The van der Waals surface area contributed by atoms with Crippen LogP contribution >= 0.6 is 0 Å². The summed E-state index contributed by atoms with van der Waals surface area (Å²) >= 11 is 0. The number of aliphatic hydroxyl groups excluding tert-OH is 1. The van der Waals surface area contributed by atoms with Gasteiger partial charge < -0.3 is 20.4 Å². The second-order valence-electron chi connectivity index (χ2n) is 11.6. The minimum absolute atomic E-state index is 0. The van der Waals surface area contributed by atoms with E-state index in [-0.39, 0.29) is 68.3 Å². The Bertz CT molecular complexity index is 3080. The number of rotatable bonds is 11. The predicted molar refractivity (Wildman–Crippen MR) is 213 cm³/mol. The van der Waals surface area contributed by atoms with Crippen LogP contribution in [0.5, 0.6) is 17.2 Å². The molecule has 6 rings (SSSR count). The first-order valence-electron chi connectivity index (χ1n) is 16.4. The third-order valence-electron chi connectivity index (χ3n) is 7.52. The maximum Gasteiger partial charge on any atom is 0.425 e. The molecule has 0 spiro atoms. The molecule has 0 saturated heterocycles. The van der Waals surface area contributed by atoms with E-state index in [2.05, 4.69) is 40.9 Å². The summed E-state index contributed by atoms with van der Waals surface area (Å²) in [6.07, 6.45) is 0. The van der Waals surface area contributed by atoms with Gasteiger partial charge in [-0.1, -0.05) is 6.07 Å². The van der Waals surface area contributed by atoms with Crippen LogP contribution in [0.2, 0.25) is 0 Å². The normalized spacial score (nSPS) is 11.2. The van der Waals surface area contributed by atoms with E-state index in [9.17, 15) is 43.5 Å². The zero-order chi connectivity index (χ0) is 45.6. The molecule has 0 aliphatic carbocycles. The maximum absolute atomic E-state index is 11.7. The van der Waals surface area contributed by atoms with Crippen LogP contribution in [0.3, 0.4) is 0 Å². The van der Waals surface area contributed by atoms with E-state index in [0.29, 0.717) is 33.9 Å². The van der Waals surface area contributed by atoms with Crippen molar-refractivity contribution in [3.05, 3.63) is 125 Å². The monoisotopic (exact) mass is 970 g/mol. The molecule has 0 aliphatic heterocycles. The average Bonchev–Trinajstić information content (AvgIpc) is 3.21. The van der Waals surface area contributed by atoms with Gasteiger partial charge in [-0.05, 0) is 90.3 Å². The van der Waals surface area contributed by atoms with Gasteiger partial charge >= 0.3 is 21.2 Å². The number of aromatic hydroxyl groups is 3. The number of hydrogen-bond acceptors (Lipinski definition) is 22. The Balaban J connectivity index is 0.00000108. The molecule has 0 saturated carbocycles. The van der Waals surface area contributed by atoms with Crippen molar-refractivity contribution in [1.29, 1.82) is 0 Å². The standard InChI is InChI=1S/C35H25N9O9S.Cu.2O3S/c45-19-21-16-32(43-41-30-13-1-20-15-25(8-12-28(20)35(30)48)39-36-24-6-10-27(46)11-7-24)33(47)18-31(21)42-38-23-4-2-22(3-5-23)37-40-29-14-9-26(44(49)50)17-34(29)54(51,52)53;;2*1-4(2)3/h1-18,45-48H,19H2,(H,51,52,53);;;. The van der Waals surface area contributed by atoms with Crippen LogP contribution in [0.4, 0.5) is 51.2 Å². The molecule has 5 N–H and O–H groups in total. The number of non-ortho nitro benzene ring substituents is 1. The number of benzene rings is 6. The number of azo groups is 4. The summed E-state index contributed by atoms with van der Waals surface area (Å²) < 4.78 is 83.6. The van der Waals surface area contributed by atoms with E-state index in [0.717, 1.165) is 12.1 Å². The second kappa shape index (κ2) is 22.9. The number of phenols is 3. The Morgan fingerprint density at radius 1 is 0.556 bits per heavy atom. The van der Waals surface area contributed by atoms with Crippen molar-refractivity contribution in [2.24, 2.45) is 40.9 Å². The topological polar surface area (TPSA) is 380 Å². The van der Waals surface area contributed by atoms with Gasteiger partial charge in [-0.15, -0.1) is 40.6 Å². The molecule has 0 fully saturated rings. The van der Waals surface area contributed by atoms with Crippen LogP contribution in [0.1, 0.15) is 5.56 Å². The number of fused-ring (bicyclic) bond motifs is 1. The third-order valence-corrected chi connectivity index (χ3v) is 8.41. The van der Waals surface area contributed by atoms with E-state index < -0.39 is 53.4 Å². The summed E-state index contributed by atoms with van der Waals surface area (Å²) in [7, 11) is -11.1. The van der Waals surface area contributed by atoms with Gasteiger partial charge in [0.05, 0.1) is 40.0 Å². The fourth-order valence-corrected chi connectivity index (χ4v) is 5.44. The quantitative estimate of drug-likeness (QED) is 0.0268. The first-order chi connectivity index (χ1) is 29.3. The average molecular weight is 971 g/mol. The number of aliphatic hydroxyl groups is 1. The van der Waals surface area contributed by atoms with Crippen LogP contribution < -0.4 is 0 Å². The molecule has 6 aromatic rings. The van der Waals surface area contributed by atoms with Gasteiger partial charge in [0.15, 0.2) is 5.75 Å². The van der Waals surface area contributed by atoms with Gasteiger partial charge in [-0.25, -0.2) is 0 Å². The molecule has 24 nitrogen and oxygen atoms in total. The number of hydrogen-bond donors (Lipinski definition) is 5. The number of nitro groups is 1. The van der Waals surface area contributed by atoms with Gasteiger partial charge in [-0.2, -0.15) is 34.0 Å². The van der Waals surface area contributed by atoms with Crippen molar-refractivity contribution in [2.45, 2.75) is 11.5 Å². The van der Waals surface area contributed by atoms with Gasteiger partial charge in [0, 0.05) is 46.2 Å². The Hall–Kier alpha value is -7.59. The van der Waals surface area contributed by atoms with E-state index in [1.54, 1.807) is 36.4 Å². The Morgan fingerprint density at radius 3 is 1.56 bits per heavy atom. The van der Waals surface area contributed by atoms with Crippen molar-refractivity contribution >= 4 is 93.3 Å². The maximum atomic E-state index is 11.7. The molecule has 0 bridgehead atoms. The fourth-order valence-electron chi connectivity index (χ4n) is 4.80. The van der Waals surface area contributed by atoms with Crippen molar-refractivity contribution in [3.63, 3.8) is 0 Å². The smallest absolute Gasteiger partial charge is 0.425 e. The van der Waals surface area contributed by atoms with Crippen molar-refractivity contribution in [2.75, 3.05) is 0 Å².